The summed E-state index contributed by atoms with van der Waals surface area (Å²) >= 11 is 1.55. The Morgan fingerprint density at radius 1 is 1.80 bits per heavy atom. The highest BCUT2D eigenvalue weighted by molar-refractivity contribution is 7.99. The fourth-order valence-corrected chi connectivity index (χ4v) is 2.06. The summed E-state index contributed by atoms with van der Waals surface area (Å²) in [5.74, 6) is 0.242. The van der Waals surface area contributed by atoms with Gasteiger partial charge in [0.2, 0.25) is 5.91 Å². The lowest BCUT2D eigenvalue weighted by molar-refractivity contribution is -0.122. The zero-order valence-corrected chi connectivity index (χ0v) is 9.97. The molecule has 1 rings (SSSR count). The van der Waals surface area contributed by atoms with Crippen LogP contribution in [0, 0.1) is 0 Å². The van der Waals surface area contributed by atoms with Crippen molar-refractivity contribution in [2.45, 2.75) is 17.4 Å². The third-order valence-electron chi connectivity index (χ3n) is 2.30. The Morgan fingerprint density at radius 2 is 2.47 bits per heavy atom. The largest absolute Gasteiger partial charge is 0.368 e. The van der Waals surface area contributed by atoms with E-state index in [2.05, 4.69) is 10.4 Å². The number of carbonyl (C=O) groups is 1. The van der Waals surface area contributed by atoms with Gasteiger partial charge in [-0.3, -0.25) is 9.48 Å². The standard InChI is InChI=1S/C9H16N4OS/c1-9(11-2,8(10)14)6-15-7-4-12-13(3)5-7/h4-5,11H,6H2,1-3H3,(H2,10,14). The Bertz CT molecular complexity index is 352. The molecule has 0 saturated carbocycles. The smallest absolute Gasteiger partial charge is 0.238 e. The lowest BCUT2D eigenvalue weighted by atomic mass is 10.1. The monoisotopic (exact) mass is 228 g/mol. The quantitative estimate of drug-likeness (QED) is 0.694. The first-order chi connectivity index (χ1) is 6.98. The van der Waals surface area contributed by atoms with Crippen molar-refractivity contribution in [1.29, 1.82) is 0 Å². The number of primary amides is 1. The maximum absolute atomic E-state index is 11.2. The van der Waals surface area contributed by atoms with Crippen LogP contribution in [0.15, 0.2) is 17.3 Å². The molecule has 1 aromatic heterocycles. The summed E-state index contributed by atoms with van der Waals surface area (Å²) in [4.78, 5) is 12.2. The van der Waals surface area contributed by atoms with Crippen LogP contribution in [-0.4, -0.2) is 34.0 Å². The maximum Gasteiger partial charge on any atom is 0.238 e. The third-order valence-corrected chi connectivity index (χ3v) is 3.57. The number of aromatic nitrogens is 2. The van der Waals surface area contributed by atoms with Gasteiger partial charge in [0.1, 0.15) is 5.54 Å². The van der Waals surface area contributed by atoms with Gasteiger partial charge in [0.25, 0.3) is 0 Å². The van der Waals surface area contributed by atoms with E-state index >= 15 is 0 Å². The molecule has 1 amide bonds. The number of rotatable bonds is 5. The second-order valence-corrected chi connectivity index (χ2v) is 4.63. The van der Waals surface area contributed by atoms with Crippen molar-refractivity contribution in [2.75, 3.05) is 12.8 Å². The van der Waals surface area contributed by atoms with Crippen molar-refractivity contribution in [1.82, 2.24) is 15.1 Å². The molecule has 0 fully saturated rings. The van der Waals surface area contributed by atoms with Crippen LogP contribution in [0.3, 0.4) is 0 Å². The summed E-state index contributed by atoms with van der Waals surface area (Å²) in [6.45, 7) is 1.79. The van der Waals surface area contributed by atoms with Gasteiger partial charge < -0.3 is 11.1 Å². The van der Waals surface area contributed by atoms with E-state index in [1.165, 1.54) is 0 Å². The van der Waals surface area contributed by atoms with Crippen molar-refractivity contribution in [2.24, 2.45) is 12.8 Å². The van der Waals surface area contributed by atoms with Crippen molar-refractivity contribution in [3.8, 4) is 0 Å². The molecule has 0 bridgehead atoms. The van der Waals surface area contributed by atoms with Gasteiger partial charge in [-0.15, -0.1) is 11.8 Å². The predicted molar refractivity (Wildman–Crippen MR) is 60.6 cm³/mol. The highest BCUT2D eigenvalue weighted by atomic mass is 32.2. The minimum atomic E-state index is -0.680. The van der Waals surface area contributed by atoms with Gasteiger partial charge in [0, 0.05) is 23.9 Å². The number of hydrogen-bond acceptors (Lipinski definition) is 4. The average Bonchev–Trinajstić information content (AvgIpc) is 2.60. The number of amides is 1. The number of likely N-dealkylation sites (N-methyl/N-ethyl adjacent to an activating group) is 1. The summed E-state index contributed by atoms with van der Waals surface area (Å²) in [7, 11) is 3.59. The Kier molecular flexibility index (Phi) is 3.76. The molecule has 0 spiro atoms. The zero-order valence-electron chi connectivity index (χ0n) is 9.15. The molecular weight excluding hydrogens is 212 g/mol. The van der Waals surface area contributed by atoms with Gasteiger partial charge in [-0.05, 0) is 14.0 Å². The van der Waals surface area contributed by atoms with E-state index in [1.54, 1.807) is 36.6 Å². The zero-order chi connectivity index (χ0) is 11.5. The summed E-state index contributed by atoms with van der Waals surface area (Å²) < 4.78 is 1.73. The van der Waals surface area contributed by atoms with Crippen molar-refractivity contribution >= 4 is 17.7 Å². The van der Waals surface area contributed by atoms with Crippen LogP contribution in [0.4, 0.5) is 0 Å². The molecule has 5 nitrogen and oxygen atoms in total. The van der Waals surface area contributed by atoms with Crippen LogP contribution >= 0.6 is 11.8 Å². The molecule has 0 aliphatic carbocycles. The Labute approximate surface area is 93.4 Å². The van der Waals surface area contributed by atoms with Crippen LogP contribution in [0.1, 0.15) is 6.92 Å². The first kappa shape index (κ1) is 12.1. The second-order valence-electron chi connectivity index (χ2n) is 3.58. The molecule has 6 heteroatoms. The Hall–Kier alpha value is -1.01. The first-order valence-corrected chi connectivity index (χ1v) is 5.57. The summed E-state index contributed by atoms with van der Waals surface area (Å²) in [5.41, 5.74) is 4.64. The van der Waals surface area contributed by atoms with Gasteiger partial charge >= 0.3 is 0 Å². The number of nitrogens with two attached hydrogens (primary N) is 1. The molecule has 3 N–H and O–H groups in total. The fraction of sp³-hybridized carbons (Fsp3) is 0.556. The summed E-state index contributed by atoms with van der Waals surface area (Å²) in [6, 6.07) is 0. The summed E-state index contributed by atoms with van der Waals surface area (Å²) in [5, 5.41) is 6.98. The van der Waals surface area contributed by atoms with Gasteiger partial charge in [0.15, 0.2) is 0 Å². The van der Waals surface area contributed by atoms with E-state index < -0.39 is 5.54 Å². The van der Waals surface area contributed by atoms with Crippen LogP contribution in [0.2, 0.25) is 0 Å². The van der Waals surface area contributed by atoms with E-state index in [0.717, 1.165) is 4.90 Å². The molecule has 15 heavy (non-hydrogen) atoms. The van der Waals surface area contributed by atoms with Crippen LogP contribution < -0.4 is 11.1 Å². The molecule has 0 aliphatic rings. The lowest BCUT2D eigenvalue weighted by Crippen LogP contribution is -2.53. The van der Waals surface area contributed by atoms with Crippen molar-refractivity contribution in [3.05, 3.63) is 12.4 Å². The first-order valence-electron chi connectivity index (χ1n) is 4.58. The predicted octanol–water partition coefficient (Wildman–Crippen LogP) is -0.0244. The topological polar surface area (TPSA) is 72.9 Å². The van der Waals surface area contributed by atoms with Gasteiger partial charge in [-0.25, -0.2) is 0 Å². The average molecular weight is 228 g/mol. The minimum Gasteiger partial charge on any atom is -0.368 e. The molecule has 1 unspecified atom stereocenters. The van der Waals surface area contributed by atoms with E-state index in [1.807, 2.05) is 13.2 Å². The molecular formula is C9H16N4OS. The molecule has 0 radical (unpaired) electrons. The molecule has 1 atom stereocenters. The van der Waals surface area contributed by atoms with E-state index in [0.29, 0.717) is 5.75 Å². The second kappa shape index (κ2) is 4.67. The van der Waals surface area contributed by atoms with Gasteiger partial charge in [0.05, 0.1) is 6.20 Å². The van der Waals surface area contributed by atoms with Gasteiger partial charge in [-0.1, -0.05) is 0 Å². The molecule has 0 aromatic carbocycles. The number of carbonyl (C=O) groups excluding carboxylic acids is 1. The highest BCUT2D eigenvalue weighted by Gasteiger charge is 2.29. The van der Waals surface area contributed by atoms with E-state index in [-0.39, 0.29) is 5.91 Å². The third kappa shape index (κ3) is 2.97. The van der Waals surface area contributed by atoms with Crippen LogP contribution in [-0.2, 0) is 11.8 Å². The lowest BCUT2D eigenvalue weighted by Gasteiger charge is -2.24. The van der Waals surface area contributed by atoms with Gasteiger partial charge in [-0.2, -0.15) is 5.10 Å². The molecule has 1 aromatic rings. The number of thioether (sulfide) groups is 1. The van der Waals surface area contributed by atoms with E-state index in [4.69, 9.17) is 5.73 Å². The van der Waals surface area contributed by atoms with Crippen LogP contribution in [0.25, 0.3) is 0 Å². The molecule has 0 aliphatic heterocycles. The van der Waals surface area contributed by atoms with Crippen LogP contribution in [0.5, 0.6) is 0 Å². The number of aryl methyl sites for hydroxylation is 1. The number of nitrogens with one attached hydrogen (secondary N) is 1. The Balaban J connectivity index is 2.59. The van der Waals surface area contributed by atoms with Crippen molar-refractivity contribution in [3.63, 3.8) is 0 Å². The Morgan fingerprint density at radius 3 is 2.87 bits per heavy atom. The number of nitrogens with zero attached hydrogens (tertiary/aromatic N) is 2. The fourth-order valence-electron chi connectivity index (χ4n) is 0.967. The van der Waals surface area contributed by atoms with E-state index in [9.17, 15) is 4.79 Å². The maximum atomic E-state index is 11.2. The molecule has 0 saturated heterocycles. The molecule has 84 valence electrons. The number of hydrogen-bond donors (Lipinski definition) is 2. The highest BCUT2D eigenvalue weighted by Crippen LogP contribution is 2.21. The normalized spacial score (nSPS) is 14.9. The van der Waals surface area contributed by atoms with Crippen molar-refractivity contribution < 1.29 is 4.79 Å². The SMILES string of the molecule is CNC(C)(CSc1cnn(C)c1)C(N)=O. The minimum absolute atomic E-state index is 0.346. The molecule has 1 heterocycles. The summed E-state index contributed by atoms with van der Waals surface area (Å²) in [6.07, 6.45) is 3.67.